The van der Waals surface area contributed by atoms with Crippen molar-refractivity contribution in [2.75, 3.05) is 38.2 Å². The quantitative estimate of drug-likeness (QED) is 0.222. The van der Waals surface area contributed by atoms with E-state index in [9.17, 15) is 9.59 Å². The molecule has 3 N–H and O–H groups in total. The first-order valence-electron chi connectivity index (χ1n) is 11.4. The Hall–Kier alpha value is -1.93. The largest absolute Gasteiger partial charge is 0.466 e. The van der Waals surface area contributed by atoms with Crippen molar-refractivity contribution in [1.82, 2.24) is 5.32 Å². The summed E-state index contributed by atoms with van der Waals surface area (Å²) in [5.41, 5.74) is 7.77. The number of carbonyl (C=O) groups is 2. The van der Waals surface area contributed by atoms with Gasteiger partial charge in [0.2, 0.25) is 0 Å². The monoisotopic (exact) mass is 558 g/mol. The van der Waals surface area contributed by atoms with Crippen LogP contribution in [0.4, 0.5) is 0 Å². The number of carbonyl (C=O) groups excluding carboxylic acids is 2. The van der Waals surface area contributed by atoms with Crippen LogP contribution in [0.2, 0.25) is 0 Å². The summed E-state index contributed by atoms with van der Waals surface area (Å²) in [7, 11) is 0. The fraction of sp³-hybridized carbons (Fsp3) is 0.462. The minimum Gasteiger partial charge on any atom is -0.466 e. The van der Waals surface area contributed by atoms with Gasteiger partial charge in [-0.25, -0.2) is 0 Å². The Morgan fingerprint density at radius 3 is 1.71 bits per heavy atom. The Morgan fingerprint density at radius 2 is 1.26 bits per heavy atom. The first kappa shape index (κ1) is 34.2. The first-order valence-corrected chi connectivity index (χ1v) is 12.5. The van der Waals surface area contributed by atoms with E-state index in [-0.39, 0.29) is 24.3 Å². The number of halogens is 2. The summed E-state index contributed by atoms with van der Waals surface area (Å²) < 4.78 is 9.39. The summed E-state index contributed by atoms with van der Waals surface area (Å²) in [6.45, 7) is 6.45. The average Bonchev–Trinajstić information content (AvgIpc) is 2.82. The molecule has 0 aromatic heterocycles. The number of nitrogens with two attached hydrogens (primary N) is 1. The fourth-order valence-electron chi connectivity index (χ4n) is 2.53. The molecule has 0 amide bonds. The molecule has 0 bridgehead atoms. The van der Waals surface area contributed by atoms with Gasteiger partial charge >= 0.3 is 11.9 Å². The zero-order chi connectivity index (χ0) is 24.6. The van der Waals surface area contributed by atoms with Crippen molar-refractivity contribution >= 4 is 40.3 Å². The Labute approximate surface area is 219 Å². The van der Waals surface area contributed by atoms with Crippen molar-refractivity contribution in [3.05, 3.63) is 71.8 Å². The van der Waals surface area contributed by atoms with E-state index >= 15 is 0 Å². The summed E-state index contributed by atoms with van der Waals surface area (Å²) in [5, 5.41) is 4.27. The molecule has 0 aliphatic heterocycles. The SMILES string of the molecule is BrCCc1ccccc1.CCOC(=O)CCN.CCOC(=O)CCNCCc1ccccc1.Cl. The molecule has 0 atom stereocenters. The molecule has 0 aliphatic carbocycles. The smallest absolute Gasteiger partial charge is 0.307 e. The van der Waals surface area contributed by atoms with Crippen LogP contribution >= 0.6 is 28.3 Å². The number of hydrogen-bond donors (Lipinski definition) is 2. The van der Waals surface area contributed by atoms with Crippen molar-refractivity contribution in [2.45, 2.75) is 39.5 Å². The Kier molecular flexibility index (Phi) is 25.9. The van der Waals surface area contributed by atoms with Crippen LogP contribution in [-0.2, 0) is 31.9 Å². The fourth-order valence-corrected chi connectivity index (χ4v) is 2.99. The van der Waals surface area contributed by atoms with Crippen LogP contribution in [0.5, 0.6) is 0 Å². The summed E-state index contributed by atoms with van der Waals surface area (Å²) in [6, 6.07) is 20.7. The van der Waals surface area contributed by atoms with Crippen LogP contribution in [0, 0.1) is 0 Å². The highest BCUT2D eigenvalue weighted by atomic mass is 79.9. The van der Waals surface area contributed by atoms with Gasteiger partial charge in [-0.05, 0) is 44.4 Å². The molecule has 2 rings (SSSR count). The van der Waals surface area contributed by atoms with E-state index < -0.39 is 0 Å². The lowest BCUT2D eigenvalue weighted by molar-refractivity contribution is -0.143. The number of nitrogens with one attached hydrogen (secondary N) is 1. The molecule has 0 heterocycles. The molecule has 34 heavy (non-hydrogen) atoms. The van der Waals surface area contributed by atoms with Crippen molar-refractivity contribution in [3.8, 4) is 0 Å². The van der Waals surface area contributed by atoms with Gasteiger partial charge in [-0.2, -0.15) is 0 Å². The lowest BCUT2D eigenvalue weighted by Gasteiger charge is -2.04. The Bertz CT molecular complexity index is 713. The molecule has 8 heteroatoms. The van der Waals surface area contributed by atoms with Crippen LogP contribution in [0.1, 0.15) is 37.8 Å². The minimum absolute atomic E-state index is 0. The molecule has 6 nitrogen and oxygen atoms in total. The molecule has 0 unspecified atom stereocenters. The molecule has 0 radical (unpaired) electrons. The van der Waals surface area contributed by atoms with Gasteiger partial charge < -0.3 is 20.5 Å². The normalized spacial score (nSPS) is 9.29. The molecule has 0 saturated heterocycles. The average molecular weight is 560 g/mol. The van der Waals surface area contributed by atoms with Gasteiger partial charge in [0, 0.05) is 18.4 Å². The van der Waals surface area contributed by atoms with E-state index in [1.165, 1.54) is 11.1 Å². The van der Waals surface area contributed by atoms with Crippen LogP contribution < -0.4 is 11.1 Å². The van der Waals surface area contributed by atoms with Gasteiger partial charge in [0.05, 0.1) is 26.1 Å². The lowest BCUT2D eigenvalue weighted by atomic mass is 10.1. The Morgan fingerprint density at radius 1 is 0.794 bits per heavy atom. The molecular weight excluding hydrogens is 520 g/mol. The highest BCUT2D eigenvalue weighted by molar-refractivity contribution is 9.09. The first-order chi connectivity index (χ1) is 16.1. The summed E-state index contributed by atoms with van der Waals surface area (Å²) in [4.78, 5) is 21.4. The van der Waals surface area contributed by atoms with Crippen LogP contribution in [0.25, 0.3) is 0 Å². The number of benzene rings is 2. The van der Waals surface area contributed by atoms with Gasteiger partial charge in [0.15, 0.2) is 0 Å². The second-order valence-corrected chi connectivity index (χ2v) is 7.60. The summed E-state index contributed by atoms with van der Waals surface area (Å²) in [5.74, 6) is -0.343. The number of ether oxygens (including phenoxy) is 2. The van der Waals surface area contributed by atoms with Crippen LogP contribution in [0.3, 0.4) is 0 Å². The topological polar surface area (TPSA) is 90.7 Å². The molecule has 2 aromatic rings. The molecule has 0 spiro atoms. The molecule has 0 aliphatic rings. The lowest BCUT2D eigenvalue weighted by Crippen LogP contribution is -2.21. The van der Waals surface area contributed by atoms with Gasteiger partial charge in [0.25, 0.3) is 0 Å². The highest BCUT2D eigenvalue weighted by Gasteiger charge is 2.00. The number of rotatable bonds is 12. The number of esters is 2. The van der Waals surface area contributed by atoms with E-state index in [2.05, 4.69) is 62.4 Å². The molecule has 0 fully saturated rings. The van der Waals surface area contributed by atoms with E-state index in [4.69, 9.17) is 10.5 Å². The van der Waals surface area contributed by atoms with Gasteiger partial charge in [-0.3, -0.25) is 9.59 Å². The predicted molar refractivity (Wildman–Crippen MR) is 146 cm³/mol. The molecule has 192 valence electrons. The Balaban J connectivity index is 0. The third-order valence-corrected chi connectivity index (χ3v) is 4.52. The summed E-state index contributed by atoms with van der Waals surface area (Å²) >= 11 is 3.39. The predicted octanol–water partition coefficient (Wildman–Crippen LogP) is 4.72. The van der Waals surface area contributed by atoms with Crippen LogP contribution in [0.15, 0.2) is 60.7 Å². The van der Waals surface area contributed by atoms with Crippen molar-refractivity contribution < 1.29 is 19.1 Å². The van der Waals surface area contributed by atoms with Gasteiger partial charge in [-0.1, -0.05) is 76.6 Å². The second kappa shape index (κ2) is 25.7. The number of aryl methyl sites for hydroxylation is 1. The maximum atomic E-state index is 11.0. The van der Waals surface area contributed by atoms with Gasteiger partial charge in [-0.15, -0.1) is 12.4 Å². The zero-order valence-corrected chi connectivity index (χ0v) is 22.7. The third-order valence-electron chi connectivity index (χ3n) is 4.12. The van der Waals surface area contributed by atoms with Crippen LogP contribution in [-0.4, -0.2) is 50.1 Å². The van der Waals surface area contributed by atoms with Crippen molar-refractivity contribution in [2.24, 2.45) is 5.73 Å². The third kappa shape index (κ3) is 21.9. The molecule has 0 saturated carbocycles. The highest BCUT2D eigenvalue weighted by Crippen LogP contribution is 2.00. The maximum Gasteiger partial charge on any atom is 0.307 e. The van der Waals surface area contributed by atoms with Crippen molar-refractivity contribution in [3.63, 3.8) is 0 Å². The molecular formula is C26H40BrClN2O4. The molecule has 2 aromatic carbocycles. The second-order valence-electron chi connectivity index (χ2n) is 6.81. The van der Waals surface area contributed by atoms with E-state index in [0.29, 0.717) is 39.1 Å². The number of alkyl halides is 1. The van der Waals surface area contributed by atoms with E-state index in [1.807, 2.05) is 31.2 Å². The minimum atomic E-state index is -0.213. The van der Waals surface area contributed by atoms with E-state index in [0.717, 1.165) is 24.7 Å². The van der Waals surface area contributed by atoms with E-state index in [1.54, 1.807) is 6.92 Å². The maximum absolute atomic E-state index is 11.0. The zero-order valence-electron chi connectivity index (χ0n) is 20.3. The standard InChI is InChI=1S/C13H19NO2.C8H9Br.C5H11NO2.ClH/c1-2-16-13(15)9-11-14-10-8-12-6-4-3-5-7-12;9-7-6-8-4-2-1-3-5-8;1-2-8-5(7)3-4-6;/h3-7,14H,2,8-11H2,1H3;1-5H,6-7H2;2-4,6H2,1H3;1H. The van der Waals surface area contributed by atoms with Crippen molar-refractivity contribution in [1.29, 1.82) is 0 Å². The van der Waals surface area contributed by atoms with Gasteiger partial charge in [0.1, 0.15) is 0 Å². The summed E-state index contributed by atoms with van der Waals surface area (Å²) in [6.07, 6.45) is 2.89. The number of hydrogen-bond acceptors (Lipinski definition) is 6.